The first-order valence-corrected chi connectivity index (χ1v) is 5.06. The Hall–Kier alpha value is -1.41. The minimum absolute atomic E-state index is 0.401. The second-order valence-corrected chi connectivity index (χ2v) is 3.65. The SMILES string of the molecule is COc1cc(F)cc(F)c1OS(N)(=O)=O. The van der Waals surface area contributed by atoms with Crippen molar-refractivity contribution in [3.63, 3.8) is 0 Å². The molecule has 0 heterocycles. The van der Waals surface area contributed by atoms with Crippen molar-refractivity contribution in [1.29, 1.82) is 0 Å². The molecule has 1 rings (SSSR count). The first-order chi connectivity index (χ1) is 6.83. The molecule has 0 amide bonds. The maximum atomic E-state index is 13.1. The largest absolute Gasteiger partial charge is 0.493 e. The van der Waals surface area contributed by atoms with Crippen LogP contribution < -0.4 is 14.1 Å². The molecule has 0 fully saturated rings. The molecule has 0 atom stereocenters. The zero-order chi connectivity index (χ0) is 11.6. The van der Waals surface area contributed by atoms with Gasteiger partial charge >= 0.3 is 10.3 Å². The first-order valence-electron chi connectivity index (χ1n) is 3.58. The Labute approximate surface area is 84.7 Å². The molecule has 1 aromatic carbocycles. The van der Waals surface area contributed by atoms with Crippen molar-refractivity contribution in [1.82, 2.24) is 0 Å². The quantitative estimate of drug-likeness (QED) is 0.835. The highest BCUT2D eigenvalue weighted by atomic mass is 32.2. The molecule has 84 valence electrons. The third-order valence-electron chi connectivity index (χ3n) is 1.39. The minimum Gasteiger partial charge on any atom is -0.493 e. The fourth-order valence-corrected chi connectivity index (χ4v) is 1.28. The van der Waals surface area contributed by atoms with Crippen LogP contribution in [-0.4, -0.2) is 15.5 Å². The normalized spacial score (nSPS) is 11.2. The van der Waals surface area contributed by atoms with E-state index < -0.39 is 33.4 Å². The van der Waals surface area contributed by atoms with Gasteiger partial charge in [0.15, 0.2) is 11.6 Å². The van der Waals surface area contributed by atoms with E-state index in [-0.39, 0.29) is 0 Å². The number of benzene rings is 1. The van der Waals surface area contributed by atoms with Crippen LogP contribution in [0.1, 0.15) is 0 Å². The number of hydrogen-bond donors (Lipinski definition) is 1. The van der Waals surface area contributed by atoms with E-state index in [1.165, 1.54) is 0 Å². The molecule has 0 unspecified atom stereocenters. The number of methoxy groups -OCH3 is 1. The van der Waals surface area contributed by atoms with Crippen molar-refractivity contribution >= 4 is 10.3 Å². The number of halogens is 2. The molecule has 0 aliphatic carbocycles. The maximum absolute atomic E-state index is 13.1. The number of nitrogens with two attached hydrogens (primary N) is 1. The van der Waals surface area contributed by atoms with Gasteiger partial charge in [0.2, 0.25) is 5.75 Å². The van der Waals surface area contributed by atoms with Gasteiger partial charge in [-0.2, -0.15) is 13.6 Å². The summed E-state index contributed by atoms with van der Waals surface area (Å²) in [7, 11) is -3.29. The molecule has 2 N–H and O–H groups in total. The van der Waals surface area contributed by atoms with E-state index in [0.717, 1.165) is 13.2 Å². The Bertz CT molecular complexity index is 474. The lowest BCUT2D eigenvalue weighted by atomic mass is 10.3. The van der Waals surface area contributed by atoms with Crippen LogP contribution in [0.4, 0.5) is 8.78 Å². The zero-order valence-corrected chi connectivity index (χ0v) is 8.35. The predicted octanol–water partition coefficient (Wildman–Crippen LogP) is 0.556. The van der Waals surface area contributed by atoms with Gasteiger partial charge in [0.05, 0.1) is 7.11 Å². The van der Waals surface area contributed by atoms with Crippen molar-refractivity contribution in [2.45, 2.75) is 0 Å². The highest BCUT2D eigenvalue weighted by Crippen LogP contribution is 2.31. The molecule has 0 aliphatic rings. The van der Waals surface area contributed by atoms with E-state index in [1.807, 2.05) is 0 Å². The van der Waals surface area contributed by atoms with Gasteiger partial charge in [0.25, 0.3) is 0 Å². The van der Waals surface area contributed by atoms with Crippen LogP contribution in [0.15, 0.2) is 12.1 Å². The van der Waals surface area contributed by atoms with E-state index in [2.05, 4.69) is 14.1 Å². The molecule has 5 nitrogen and oxygen atoms in total. The highest BCUT2D eigenvalue weighted by molar-refractivity contribution is 7.84. The average molecular weight is 239 g/mol. The average Bonchev–Trinajstić information content (AvgIpc) is 2.07. The van der Waals surface area contributed by atoms with E-state index in [1.54, 1.807) is 0 Å². The lowest BCUT2D eigenvalue weighted by Gasteiger charge is -2.08. The summed E-state index contributed by atoms with van der Waals surface area (Å²) in [6.45, 7) is 0. The topological polar surface area (TPSA) is 78.6 Å². The van der Waals surface area contributed by atoms with Gasteiger partial charge in [0, 0.05) is 12.1 Å². The standard InChI is InChI=1S/C7H7F2NO4S/c1-13-6-3-4(8)2-5(9)7(6)14-15(10,11)12/h2-3H,1H3,(H2,10,11,12). The van der Waals surface area contributed by atoms with Gasteiger partial charge in [-0.25, -0.2) is 8.78 Å². The summed E-state index contributed by atoms with van der Waals surface area (Å²) in [6, 6.07) is 1.21. The maximum Gasteiger partial charge on any atom is 0.380 e. The number of rotatable bonds is 3. The molecule has 0 saturated heterocycles. The number of hydrogen-bond acceptors (Lipinski definition) is 4. The summed E-state index contributed by atoms with van der Waals surface area (Å²) in [6.07, 6.45) is 0. The Morgan fingerprint density at radius 2 is 1.93 bits per heavy atom. The van der Waals surface area contributed by atoms with Crippen molar-refractivity contribution in [2.24, 2.45) is 5.14 Å². The van der Waals surface area contributed by atoms with Crippen LogP contribution in [0.5, 0.6) is 11.5 Å². The van der Waals surface area contributed by atoms with Crippen molar-refractivity contribution in [3.05, 3.63) is 23.8 Å². The van der Waals surface area contributed by atoms with Gasteiger partial charge in [-0.15, -0.1) is 0 Å². The lowest BCUT2D eigenvalue weighted by molar-refractivity contribution is 0.375. The van der Waals surface area contributed by atoms with Crippen LogP contribution in [0.3, 0.4) is 0 Å². The lowest BCUT2D eigenvalue weighted by Crippen LogP contribution is -2.20. The molecule has 0 bridgehead atoms. The van der Waals surface area contributed by atoms with Gasteiger partial charge in [-0.3, -0.25) is 0 Å². The van der Waals surface area contributed by atoms with Crippen LogP contribution in [0, 0.1) is 11.6 Å². The summed E-state index contributed by atoms with van der Waals surface area (Å²) in [4.78, 5) is 0. The molecule has 0 aliphatic heterocycles. The van der Waals surface area contributed by atoms with Crippen LogP contribution in [0.2, 0.25) is 0 Å². The van der Waals surface area contributed by atoms with E-state index in [9.17, 15) is 17.2 Å². The molecule has 0 spiro atoms. The summed E-state index contributed by atoms with van der Waals surface area (Å²) in [5.41, 5.74) is 0. The summed E-state index contributed by atoms with van der Waals surface area (Å²) in [5, 5.41) is 4.53. The molecule has 0 saturated carbocycles. The summed E-state index contributed by atoms with van der Waals surface area (Å²) in [5.74, 6) is -3.32. The third-order valence-corrected chi connectivity index (χ3v) is 1.79. The fraction of sp³-hybridized carbons (Fsp3) is 0.143. The van der Waals surface area contributed by atoms with Crippen molar-refractivity contribution in [2.75, 3.05) is 7.11 Å². The van der Waals surface area contributed by atoms with Crippen LogP contribution in [0.25, 0.3) is 0 Å². The summed E-state index contributed by atoms with van der Waals surface area (Å²) >= 11 is 0. The number of ether oxygens (including phenoxy) is 1. The molecular weight excluding hydrogens is 232 g/mol. The Morgan fingerprint density at radius 3 is 2.40 bits per heavy atom. The van der Waals surface area contributed by atoms with Gasteiger partial charge < -0.3 is 8.92 Å². The smallest absolute Gasteiger partial charge is 0.380 e. The molecule has 0 radical (unpaired) electrons. The Balaban J connectivity index is 3.27. The van der Waals surface area contributed by atoms with Crippen LogP contribution >= 0.6 is 0 Å². The van der Waals surface area contributed by atoms with Crippen molar-refractivity contribution in [3.8, 4) is 11.5 Å². The predicted molar refractivity (Wildman–Crippen MR) is 46.6 cm³/mol. The minimum atomic E-state index is -4.39. The molecule has 1 aromatic rings. The van der Waals surface area contributed by atoms with E-state index in [0.29, 0.717) is 6.07 Å². The molecule has 8 heteroatoms. The molecule has 0 aromatic heterocycles. The Kier molecular flexibility index (Phi) is 3.10. The Morgan fingerprint density at radius 1 is 1.33 bits per heavy atom. The van der Waals surface area contributed by atoms with Crippen LogP contribution in [-0.2, 0) is 10.3 Å². The van der Waals surface area contributed by atoms with Gasteiger partial charge in [-0.05, 0) is 0 Å². The second kappa shape index (κ2) is 3.99. The van der Waals surface area contributed by atoms with Gasteiger partial charge in [0.1, 0.15) is 5.82 Å². The highest BCUT2D eigenvalue weighted by Gasteiger charge is 2.18. The third kappa shape index (κ3) is 3.03. The fourth-order valence-electron chi connectivity index (χ4n) is 0.885. The van der Waals surface area contributed by atoms with Gasteiger partial charge in [-0.1, -0.05) is 0 Å². The van der Waals surface area contributed by atoms with E-state index in [4.69, 9.17) is 0 Å². The summed E-state index contributed by atoms with van der Waals surface area (Å²) < 4.78 is 55.4. The zero-order valence-electron chi connectivity index (χ0n) is 7.53. The second-order valence-electron chi connectivity index (χ2n) is 2.50. The van der Waals surface area contributed by atoms with E-state index >= 15 is 0 Å². The monoisotopic (exact) mass is 239 g/mol. The molecular formula is C7H7F2NO4S. The first kappa shape index (κ1) is 11.7. The molecule has 15 heavy (non-hydrogen) atoms. The van der Waals surface area contributed by atoms with Crippen molar-refractivity contribution < 1.29 is 26.1 Å².